The van der Waals surface area contributed by atoms with Gasteiger partial charge in [0.25, 0.3) is 0 Å². The second-order valence-corrected chi connectivity index (χ2v) is 7.60. The molecule has 0 fully saturated rings. The van der Waals surface area contributed by atoms with Crippen LogP contribution in [0, 0.1) is 11.3 Å². The van der Waals surface area contributed by atoms with Crippen LogP contribution in [0.25, 0.3) is 17.0 Å². The van der Waals surface area contributed by atoms with Crippen molar-refractivity contribution in [2.24, 2.45) is 18.4 Å². The molecule has 3 heteroatoms. The van der Waals surface area contributed by atoms with Crippen LogP contribution in [0.5, 0.6) is 0 Å². The molecule has 0 spiro atoms. The summed E-state index contributed by atoms with van der Waals surface area (Å²) < 4.78 is 3.18. The monoisotopic (exact) mass is 333 g/mol. The summed E-state index contributed by atoms with van der Waals surface area (Å²) in [5.74, 6) is 0.134. The quantitative estimate of drug-likeness (QED) is 0.744. The molecule has 0 saturated carbocycles. The zero-order valence-corrected chi connectivity index (χ0v) is 13.9. The van der Waals surface area contributed by atoms with Crippen molar-refractivity contribution in [2.45, 2.75) is 26.9 Å². The van der Waals surface area contributed by atoms with Gasteiger partial charge in [0, 0.05) is 34.6 Å². The molecule has 0 radical (unpaired) electrons. The third-order valence-electron chi connectivity index (χ3n) is 4.30. The number of nitrogens with zero attached hydrogens (tertiary/aromatic N) is 1. The summed E-state index contributed by atoms with van der Waals surface area (Å²) in [6.07, 6.45) is 5.88. The number of fused-ring (bicyclic) bond motifs is 3. The number of benzene rings is 1. The predicted octanol–water partition coefficient (Wildman–Crippen LogP) is 4.66. The van der Waals surface area contributed by atoms with E-state index >= 15 is 0 Å². The van der Waals surface area contributed by atoms with E-state index in [1.165, 1.54) is 0 Å². The van der Waals surface area contributed by atoms with Gasteiger partial charge in [0.15, 0.2) is 0 Å². The van der Waals surface area contributed by atoms with Gasteiger partial charge in [0.05, 0.1) is 11.6 Å². The third kappa shape index (κ3) is 1.95. The standard InChI is InChI=1S/C17H20BrNO/c1-17(2,3)12-6-5-10-9-13(18)11-7-8-19(4)15(11)14(10)16(12)20/h5-9,12,16,20H,1-4H3/t12-,16-/m0/s1. The first-order valence-corrected chi connectivity index (χ1v) is 7.73. The molecule has 0 unspecified atom stereocenters. The fourth-order valence-corrected chi connectivity index (χ4v) is 3.76. The molecular weight excluding hydrogens is 314 g/mol. The topological polar surface area (TPSA) is 25.2 Å². The van der Waals surface area contributed by atoms with Gasteiger partial charge in [-0.05, 0) is 23.1 Å². The Kier molecular flexibility index (Phi) is 3.11. The summed E-state index contributed by atoms with van der Waals surface area (Å²) >= 11 is 3.63. The lowest BCUT2D eigenvalue weighted by Gasteiger charge is -2.36. The van der Waals surface area contributed by atoms with Gasteiger partial charge < -0.3 is 9.67 Å². The fraction of sp³-hybridized carbons (Fsp3) is 0.412. The Labute approximate surface area is 128 Å². The number of hydrogen-bond acceptors (Lipinski definition) is 1. The first kappa shape index (κ1) is 13.9. The first-order chi connectivity index (χ1) is 9.30. The zero-order chi connectivity index (χ0) is 14.7. The van der Waals surface area contributed by atoms with Crippen molar-refractivity contribution in [1.29, 1.82) is 0 Å². The normalized spacial score (nSPS) is 22.3. The maximum Gasteiger partial charge on any atom is 0.0883 e. The van der Waals surface area contributed by atoms with Crippen LogP contribution >= 0.6 is 15.9 Å². The van der Waals surface area contributed by atoms with E-state index < -0.39 is 6.10 Å². The van der Waals surface area contributed by atoms with Crippen LogP contribution < -0.4 is 0 Å². The van der Waals surface area contributed by atoms with Crippen molar-refractivity contribution in [3.63, 3.8) is 0 Å². The molecule has 0 aliphatic heterocycles. The lowest BCUT2D eigenvalue weighted by molar-refractivity contribution is 0.0707. The molecule has 1 aliphatic carbocycles. The molecule has 106 valence electrons. The van der Waals surface area contributed by atoms with E-state index in [1.54, 1.807) is 0 Å². The number of rotatable bonds is 0. The zero-order valence-electron chi connectivity index (χ0n) is 12.3. The number of aliphatic hydroxyl groups excluding tert-OH is 1. The molecule has 2 aromatic rings. The molecule has 0 bridgehead atoms. The fourth-order valence-electron chi connectivity index (χ4n) is 3.19. The Balaban J connectivity index is 2.30. The average Bonchev–Trinajstić information content (AvgIpc) is 2.71. The van der Waals surface area contributed by atoms with Gasteiger partial charge in [-0.1, -0.05) is 48.9 Å². The smallest absolute Gasteiger partial charge is 0.0883 e. The molecule has 0 amide bonds. The second kappa shape index (κ2) is 4.47. The van der Waals surface area contributed by atoms with Crippen molar-refractivity contribution >= 4 is 32.9 Å². The summed E-state index contributed by atoms with van der Waals surface area (Å²) in [6.45, 7) is 6.53. The Morgan fingerprint density at radius 2 is 2.00 bits per heavy atom. The van der Waals surface area contributed by atoms with E-state index in [-0.39, 0.29) is 11.3 Å². The van der Waals surface area contributed by atoms with Gasteiger partial charge in [-0.15, -0.1) is 0 Å². The van der Waals surface area contributed by atoms with E-state index in [2.05, 4.69) is 65.6 Å². The van der Waals surface area contributed by atoms with Crippen LogP contribution in [0.1, 0.15) is 38.0 Å². The summed E-state index contributed by atoms with van der Waals surface area (Å²) in [5, 5.41) is 12.1. The first-order valence-electron chi connectivity index (χ1n) is 6.94. The van der Waals surface area contributed by atoms with Crippen LogP contribution in [-0.4, -0.2) is 9.67 Å². The molecule has 2 atom stereocenters. The van der Waals surface area contributed by atoms with Crippen molar-refractivity contribution in [3.8, 4) is 0 Å². The number of halogens is 1. The van der Waals surface area contributed by atoms with Crippen LogP contribution in [0.3, 0.4) is 0 Å². The number of aryl methyl sites for hydroxylation is 1. The van der Waals surface area contributed by atoms with E-state index in [4.69, 9.17) is 0 Å². The minimum absolute atomic E-state index is 0.0398. The number of hydrogen-bond donors (Lipinski definition) is 1. The van der Waals surface area contributed by atoms with E-state index in [0.717, 1.165) is 26.5 Å². The number of aliphatic hydroxyl groups is 1. The molecule has 1 aromatic carbocycles. The van der Waals surface area contributed by atoms with E-state index in [1.807, 2.05) is 13.2 Å². The Hall–Kier alpha value is -1.06. The molecule has 0 saturated heterocycles. The molecule has 1 aromatic heterocycles. The minimum Gasteiger partial charge on any atom is -0.388 e. The maximum atomic E-state index is 10.9. The van der Waals surface area contributed by atoms with Crippen LogP contribution in [0.4, 0.5) is 0 Å². The van der Waals surface area contributed by atoms with Gasteiger partial charge in [-0.2, -0.15) is 0 Å². The van der Waals surface area contributed by atoms with Gasteiger partial charge in [-0.25, -0.2) is 0 Å². The summed E-state index contributed by atoms with van der Waals surface area (Å²) in [6, 6.07) is 4.20. The molecule has 20 heavy (non-hydrogen) atoms. The molecular formula is C17H20BrNO. The largest absolute Gasteiger partial charge is 0.388 e. The molecule has 3 rings (SSSR count). The predicted molar refractivity (Wildman–Crippen MR) is 87.6 cm³/mol. The molecule has 2 nitrogen and oxygen atoms in total. The van der Waals surface area contributed by atoms with Crippen LogP contribution in [-0.2, 0) is 7.05 Å². The van der Waals surface area contributed by atoms with Crippen LogP contribution in [0.2, 0.25) is 0 Å². The van der Waals surface area contributed by atoms with Crippen molar-refractivity contribution in [1.82, 2.24) is 4.57 Å². The van der Waals surface area contributed by atoms with Crippen molar-refractivity contribution in [3.05, 3.63) is 40.0 Å². The highest BCUT2D eigenvalue weighted by atomic mass is 79.9. The Bertz CT molecular complexity index is 706. The van der Waals surface area contributed by atoms with Gasteiger partial charge in [0.2, 0.25) is 0 Å². The highest BCUT2D eigenvalue weighted by Crippen LogP contribution is 2.45. The minimum atomic E-state index is -0.459. The lowest BCUT2D eigenvalue weighted by atomic mass is 9.72. The average molecular weight is 334 g/mol. The second-order valence-electron chi connectivity index (χ2n) is 6.75. The number of aromatic nitrogens is 1. The van der Waals surface area contributed by atoms with E-state index in [0.29, 0.717) is 0 Å². The van der Waals surface area contributed by atoms with Gasteiger partial charge >= 0.3 is 0 Å². The third-order valence-corrected chi connectivity index (χ3v) is 4.95. The highest BCUT2D eigenvalue weighted by Gasteiger charge is 2.35. The highest BCUT2D eigenvalue weighted by molar-refractivity contribution is 9.10. The van der Waals surface area contributed by atoms with Crippen LogP contribution in [0.15, 0.2) is 28.9 Å². The van der Waals surface area contributed by atoms with Crippen molar-refractivity contribution < 1.29 is 5.11 Å². The molecule has 1 aliphatic rings. The van der Waals surface area contributed by atoms with Gasteiger partial charge in [-0.3, -0.25) is 0 Å². The Morgan fingerprint density at radius 3 is 2.65 bits per heavy atom. The maximum absolute atomic E-state index is 10.9. The summed E-state index contributed by atoms with van der Waals surface area (Å²) in [4.78, 5) is 0. The van der Waals surface area contributed by atoms with Crippen molar-refractivity contribution in [2.75, 3.05) is 0 Å². The SMILES string of the molecule is Cn1ccc2c(Br)cc3c(c21)[C@@H](O)[C@@H](C(C)(C)C)C=C3. The van der Waals surface area contributed by atoms with Gasteiger partial charge in [0.1, 0.15) is 0 Å². The Morgan fingerprint density at radius 1 is 1.30 bits per heavy atom. The summed E-state index contributed by atoms with van der Waals surface area (Å²) in [7, 11) is 2.03. The summed E-state index contributed by atoms with van der Waals surface area (Å²) in [5.41, 5.74) is 3.33. The molecule has 1 heterocycles. The lowest BCUT2D eigenvalue weighted by Crippen LogP contribution is -2.27. The molecule has 1 N–H and O–H groups in total. The van der Waals surface area contributed by atoms with E-state index in [9.17, 15) is 5.11 Å².